The molecule has 0 heterocycles. The summed E-state index contributed by atoms with van der Waals surface area (Å²) in [5.74, 6) is 0.0895. The van der Waals surface area contributed by atoms with Gasteiger partial charge in [-0.05, 0) is 104 Å². The van der Waals surface area contributed by atoms with Crippen LogP contribution in [0.3, 0.4) is 0 Å². The minimum atomic E-state index is -0.509. The summed E-state index contributed by atoms with van der Waals surface area (Å²) >= 11 is 5.79. The number of carbonyl (C=O) groups is 3. The number of ether oxygens (including phenoxy) is 2. The number of ketones is 1. The van der Waals surface area contributed by atoms with Crippen molar-refractivity contribution in [3.63, 3.8) is 0 Å². The molecule has 39 heavy (non-hydrogen) atoms. The van der Waals surface area contributed by atoms with Gasteiger partial charge in [0.1, 0.15) is 12.0 Å². The van der Waals surface area contributed by atoms with E-state index in [1.165, 1.54) is 12.7 Å². The lowest BCUT2D eigenvalue weighted by Gasteiger charge is -2.70. The van der Waals surface area contributed by atoms with Gasteiger partial charge >= 0.3 is 11.9 Å². The van der Waals surface area contributed by atoms with Gasteiger partial charge in [0.2, 0.25) is 0 Å². The third-order valence-electron chi connectivity index (χ3n) is 13.6. The van der Waals surface area contributed by atoms with Crippen molar-refractivity contribution in [1.82, 2.24) is 0 Å². The Morgan fingerprint density at radius 3 is 2.26 bits per heavy atom. The van der Waals surface area contributed by atoms with E-state index in [9.17, 15) is 14.4 Å². The van der Waals surface area contributed by atoms with E-state index in [1.54, 1.807) is 0 Å². The minimum absolute atomic E-state index is 0.0682. The smallest absolute Gasteiger partial charge is 0.321 e. The van der Waals surface area contributed by atoms with E-state index in [1.807, 2.05) is 0 Å². The van der Waals surface area contributed by atoms with Crippen LogP contribution in [-0.2, 0) is 23.9 Å². The maximum absolute atomic E-state index is 14.5. The average molecular weight is 561 g/mol. The van der Waals surface area contributed by atoms with E-state index < -0.39 is 5.41 Å². The van der Waals surface area contributed by atoms with Gasteiger partial charge in [-0.3, -0.25) is 14.4 Å². The quantitative estimate of drug-likeness (QED) is 0.268. The van der Waals surface area contributed by atoms with Gasteiger partial charge in [0.05, 0.1) is 12.5 Å². The second kappa shape index (κ2) is 9.07. The summed E-state index contributed by atoms with van der Waals surface area (Å²) < 4.78 is 11.1. The number of halogens is 1. The van der Waals surface area contributed by atoms with Crippen molar-refractivity contribution in [2.45, 2.75) is 112 Å². The number of allylic oxidation sites excluding steroid dienone is 2. The maximum Gasteiger partial charge on any atom is 0.321 e. The highest BCUT2D eigenvalue weighted by Gasteiger charge is 2.70. The van der Waals surface area contributed by atoms with E-state index in [4.69, 9.17) is 21.1 Å². The first-order chi connectivity index (χ1) is 18.0. The van der Waals surface area contributed by atoms with Crippen LogP contribution >= 0.6 is 11.6 Å². The number of alkyl halides is 1. The van der Waals surface area contributed by atoms with Crippen molar-refractivity contribution in [3.8, 4) is 0 Å². The number of hydrogen-bond donors (Lipinski definition) is 0. The predicted octanol–water partition coefficient (Wildman–Crippen LogP) is 7.29. The highest BCUT2D eigenvalue weighted by Crippen LogP contribution is 2.75. The second-order valence-corrected chi connectivity index (χ2v) is 16.0. The monoisotopic (exact) mass is 560 g/mol. The molecule has 9 atom stereocenters. The van der Waals surface area contributed by atoms with Gasteiger partial charge < -0.3 is 9.47 Å². The van der Waals surface area contributed by atoms with Crippen LogP contribution < -0.4 is 0 Å². The molecule has 4 saturated carbocycles. The molecule has 6 heteroatoms. The molecular weight excluding hydrogens is 512 g/mol. The molecule has 0 N–H and O–H groups in total. The SMILES string of the molecule is COC(=O)[C@@]1(C)CC[C@]2(C)CC[C@]3(C)C(=CC(=O)[C@@H]4[C@@]5(C)CC[C@H](OC(=O)CCl)C(C)(C)[C@@H]5CC[C@]43C)[C@@H]2C1. The van der Waals surface area contributed by atoms with Crippen molar-refractivity contribution in [2.24, 2.45) is 50.2 Å². The van der Waals surface area contributed by atoms with Crippen molar-refractivity contribution in [1.29, 1.82) is 0 Å². The molecule has 5 aliphatic rings. The lowest BCUT2D eigenvalue weighted by Crippen LogP contribution is -2.66. The Labute approximate surface area is 240 Å². The van der Waals surface area contributed by atoms with Gasteiger partial charge in [0.15, 0.2) is 5.78 Å². The molecule has 0 spiro atoms. The third kappa shape index (κ3) is 3.87. The summed E-state index contributed by atoms with van der Waals surface area (Å²) in [6, 6.07) is 0. The molecule has 5 nitrogen and oxygen atoms in total. The lowest BCUT2D eigenvalue weighted by molar-refractivity contribution is -0.210. The second-order valence-electron chi connectivity index (χ2n) is 15.7. The minimum Gasteiger partial charge on any atom is -0.469 e. The zero-order valence-corrected chi connectivity index (χ0v) is 26.1. The molecule has 0 aromatic heterocycles. The summed E-state index contributed by atoms with van der Waals surface area (Å²) in [4.78, 5) is 39.5. The molecule has 0 aliphatic heterocycles. The first-order valence-electron chi connectivity index (χ1n) is 15.1. The maximum atomic E-state index is 14.5. The Morgan fingerprint density at radius 1 is 0.949 bits per heavy atom. The molecule has 0 unspecified atom stereocenters. The zero-order chi connectivity index (χ0) is 28.8. The van der Waals surface area contributed by atoms with Crippen LogP contribution in [0.4, 0.5) is 0 Å². The van der Waals surface area contributed by atoms with Gasteiger partial charge in [0, 0.05) is 11.3 Å². The molecule has 5 aliphatic carbocycles. The van der Waals surface area contributed by atoms with E-state index in [2.05, 4.69) is 54.5 Å². The largest absolute Gasteiger partial charge is 0.469 e. The highest BCUT2D eigenvalue weighted by molar-refractivity contribution is 6.26. The van der Waals surface area contributed by atoms with Crippen LogP contribution in [0.1, 0.15) is 106 Å². The van der Waals surface area contributed by atoms with Crippen LogP contribution in [0, 0.1) is 50.2 Å². The fourth-order valence-corrected chi connectivity index (χ4v) is 11.1. The molecule has 0 amide bonds. The van der Waals surface area contributed by atoms with Crippen molar-refractivity contribution < 1.29 is 23.9 Å². The van der Waals surface area contributed by atoms with Crippen LogP contribution in [0.2, 0.25) is 0 Å². The molecule has 0 aromatic carbocycles. The predicted molar refractivity (Wildman–Crippen MR) is 152 cm³/mol. The van der Waals surface area contributed by atoms with Gasteiger partial charge in [-0.15, -0.1) is 11.6 Å². The zero-order valence-electron chi connectivity index (χ0n) is 25.4. The number of carbonyl (C=O) groups excluding carboxylic acids is 3. The van der Waals surface area contributed by atoms with Crippen LogP contribution in [0.25, 0.3) is 0 Å². The molecule has 218 valence electrons. The van der Waals surface area contributed by atoms with E-state index in [0.717, 1.165) is 57.8 Å². The molecule has 4 fully saturated rings. The summed E-state index contributed by atoms with van der Waals surface area (Å²) in [5.41, 5.74) is 0.246. The first-order valence-corrected chi connectivity index (χ1v) is 15.7. The Balaban J connectivity index is 1.55. The average Bonchev–Trinajstić information content (AvgIpc) is 2.87. The number of esters is 2. The summed E-state index contributed by atoms with van der Waals surface area (Å²) in [6.07, 6.45) is 10.3. The molecule has 5 rings (SSSR count). The van der Waals surface area contributed by atoms with E-state index in [-0.39, 0.29) is 74.5 Å². The van der Waals surface area contributed by atoms with Gasteiger partial charge in [-0.1, -0.05) is 47.1 Å². The van der Waals surface area contributed by atoms with Gasteiger partial charge in [-0.25, -0.2) is 0 Å². The number of methoxy groups -OCH3 is 1. The third-order valence-corrected chi connectivity index (χ3v) is 13.8. The highest BCUT2D eigenvalue weighted by atomic mass is 35.5. The Kier molecular flexibility index (Phi) is 6.78. The standard InChI is InChI=1S/C33H49ClO5/c1-28(2)23-9-12-33(7)26(31(23,5)11-10-24(28)39-25(36)19-34)22(35)17-20-21-18-30(4,27(37)38-8)14-13-29(21,3)15-16-32(20,33)6/h17,21,23-24,26H,9-16,18-19H2,1-8H3/t21-,23-,24-,26+,29+,30-,31-,32+,33+/m0/s1. The number of fused-ring (bicyclic) bond motifs is 7. The fourth-order valence-electron chi connectivity index (χ4n) is 11.0. The summed E-state index contributed by atoms with van der Waals surface area (Å²) in [7, 11) is 1.49. The van der Waals surface area contributed by atoms with Crippen LogP contribution in [0.15, 0.2) is 11.6 Å². The Bertz CT molecular complexity index is 1110. The van der Waals surface area contributed by atoms with E-state index in [0.29, 0.717) is 0 Å². The molecule has 0 radical (unpaired) electrons. The van der Waals surface area contributed by atoms with Crippen molar-refractivity contribution >= 4 is 29.3 Å². The first kappa shape index (κ1) is 29.1. The Morgan fingerprint density at radius 2 is 1.62 bits per heavy atom. The number of hydrogen-bond acceptors (Lipinski definition) is 5. The Hall–Kier alpha value is -1.36. The summed E-state index contributed by atoms with van der Waals surface area (Å²) in [5, 5.41) is 0. The van der Waals surface area contributed by atoms with E-state index >= 15 is 0 Å². The van der Waals surface area contributed by atoms with Gasteiger partial charge in [0.25, 0.3) is 0 Å². The topological polar surface area (TPSA) is 69.7 Å². The fraction of sp³-hybridized carbons (Fsp3) is 0.848. The van der Waals surface area contributed by atoms with Crippen molar-refractivity contribution in [2.75, 3.05) is 13.0 Å². The molecular formula is C33H49ClO5. The molecule has 0 saturated heterocycles. The number of rotatable bonds is 3. The summed E-state index contributed by atoms with van der Waals surface area (Å²) in [6.45, 7) is 16.1. The van der Waals surface area contributed by atoms with Crippen LogP contribution in [-0.4, -0.2) is 36.8 Å². The molecule has 0 bridgehead atoms. The lowest BCUT2D eigenvalue weighted by atomic mass is 9.33. The normalized spacial score (nSPS) is 48.4. The van der Waals surface area contributed by atoms with Crippen LogP contribution in [0.5, 0.6) is 0 Å². The molecule has 0 aromatic rings. The van der Waals surface area contributed by atoms with Gasteiger partial charge in [-0.2, -0.15) is 0 Å². The van der Waals surface area contributed by atoms with Crippen molar-refractivity contribution in [3.05, 3.63) is 11.6 Å².